The average molecular weight is 207 g/mol. The molecule has 0 atom stereocenters. The lowest BCUT2D eigenvalue weighted by atomic mass is 10.2. The van der Waals surface area contributed by atoms with Gasteiger partial charge in [0, 0.05) is 13.1 Å². The van der Waals surface area contributed by atoms with Crippen molar-refractivity contribution in [2.75, 3.05) is 18.0 Å². The summed E-state index contributed by atoms with van der Waals surface area (Å²) in [6.07, 6.45) is -2.92. The topological polar surface area (TPSA) is 49.2 Å². The van der Waals surface area contributed by atoms with E-state index < -0.39 is 6.43 Å². The third kappa shape index (κ3) is 1.61. The number of aromatic nitrogens is 2. The van der Waals surface area contributed by atoms with Crippen LogP contribution in [-0.4, -0.2) is 34.5 Å². The number of alkyl halides is 2. The van der Waals surface area contributed by atoms with Gasteiger partial charge in [0.05, 0.1) is 6.10 Å². The molecule has 1 saturated heterocycles. The Bertz CT molecular complexity index is 300. The Morgan fingerprint density at radius 1 is 1.46 bits per heavy atom. The molecule has 2 heterocycles. The van der Waals surface area contributed by atoms with Gasteiger partial charge in [-0.2, -0.15) is 0 Å². The first-order chi connectivity index (χ1) is 6.16. The van der Waals surface area contributed by atoms with E-state index in [2.05, 4.69) is 10.2 Å². The summed E-state index contributed by atoms with van der Waals surface area (Å²) in [5.74, 6) is 0. The van der Waals surface area contributed by atoms with E-state index in [9.17, 15) is 8.78 Å². The first kappa shape index (κ1) is 8.76. The number of β-amino-alcohol motifs (C(OH)–C–C–N with tert-alkyl or cyclic N) is 1. The number of halogens is 2. The SMILES string of the molecule is OC1CN(c2nnc(C(F)F)s2)C1. The van der Waals surface area contributed by atoms with E-state index in [1.807, 2.05) is 0 Å². The molecule has 0 amide bonds. The number of hydrogen-bond donors (Lipinski definition) is 1. The van der Waals surface area contributed by atoms with Crippen LogP contribution in [0.1, 0.15) is 11.4 Å². The summed E-state index contributed by atoms with van der Waals surface area (Å²) < 4.78 is 24.2. The van der Waals surface area contributed by atoms with Gasteiger partial charge in [-0.15, -0.1) is 10.2 Å². The largest absolute Gasteiger partial charge is 0.389 e. The highest BCUT2D eigenvalue weighted by Gasteiger charge is 2.28. The van der Waals surface area contributed by atoms with Crippen LogP contribution in [0.2, 0.25) is 0 Å². The number of rotatable bonds is 2. The molecule has 1 aromatic rings. The number of aliphatic hydroxyl groups is 1. The molecule has 1 aliphatic heterocycles. The third-order valence-electron chi connectivity index (χ3n) is 1.75. The van der Waals surface area contributed by atoms with Gasteiger partial charge in [-0.3, -0.25) is 0 Å². The second-order valence-corrected chi connectivity index (χ2v) is 3.77. The number of anilines is 1. The first-order valence-corrected chi connectivity index (χ1v) is 4.53. The van der Waals surface area contributed by atoms with Crippen molar-refractivity contribution in [3.05, 3.63) is 5.01 Å². The number of hydrogen-bond acceptors (Lipinski definition) is 5. The van der Waals surface area contributed by atoms with Crippen LogP contribution in [0.3, 0.4) is 0 Å². The Morgan fingerprint density at radius 2 is 2.15 bits per heavy atom. The molecule has 0 aliphatic carbocycles. The van der Waals surface area contributed by atoms with Gasteiger partial charge in [-0.05, 0) is 0 Å². The van der Waals surface area contributed by atoms with Gasteiger partial charge in [-0.1, -0.05) is 11.3 Å². The summed E-state index contributed by atoms with van der Waals surface area (Å²) in [7, 11) is 0. The van der Waals surface area contributed by atoms with Gasteiger partial charge >= 0.3 is 0 Å². The summed E-state index contributed by atoms with van der Waals surface area (Å²) in [4.78, 5) is 1.72. The van der Waals surface area contributed by atoms with Crippen molar-refractivity contribution in [1.29, 1.82) is 0 Å². The molecule has 0 radical (unpaired) electrons. The van der Waals surface area contributed by atoms with Gasteiger partial charge in [0.25, 0.3) is 6.43 Å². The highest BCUT2D eigenvalue weighted by atomic mass is 32.1. The zero-order valence-corrected chi connectivity index (χ0v) is 7.34. The molecule has 1 aromatic heterocycles. The van der Waals surface area contributed by atoms with Crippen molar-refractivity contribution in [1.82, 2.24) is 10.2 Å². The maximum absolute atomic E-state index is 12.1. The molecule has 1 N–H and O–H groups in total. The fraction of sp³-hybridized carbons (Fsp3) is 0.667. The van der Waals surface area contributed by atoms with Gasteiger partial charge < -0.3 is 10.0 Å². The lowest BCUT2D eigenvalue weighted by molar-refractivity contribution is 0.141. The Hall–Kier alpha value is -0.820. The van der Waals surface area contributed by atoms with E-state index in [1.165, 1.54) is 0 Å². The average Bonchev–Trinajstić information content (AvgIpc) is 2.46. The van der Waals surface area contributed by atoms with Crippen molar-refractivity contribution >= 4 is 16.5 Å². The summed E-state index contributed by atoms with van der Waals surface area (Å²) in [5, 5.41) is 16.1. The van der Waals surface area contributed by atoms with E-state index in [0.717, 1.165) is 11.3 Å². The highest BCUT2D eigenvalue weighted by molar-refractivity contribution is 7.15. The minimum absolute atomic E-state index is 0.267. The van der Waals surface area contributed by atoms with Gasteiger partial charge in [0.2, 0.25) is 5.13 Å². The molecule has 0 spiro atoms. The Balaban J connectivity index is 2.06. The summed E-state index contributed by atoms with van der Waals surface area (Å²) in [6.45, 7) is 0.912. The maximum atomic E-state index is 12.1. The van der Waals surface area contributed by atoms with Crippen molar-refractivity contribution in [2.45, 2.75) is 12.5 Å². The van der Waals surface area contributed by atoms with E-state index in [1.54, 1.807) is 4.90 Å². The van der Waals surface area contributed by atoms with Crippen molar-refractivity contribution in [3.8, 4) is 0 Å². The van der Waals surface area contributed by atoms with Crippen molar-refractivity contribution in [2.24, 2.45) is 0 Å². The molecule has 1 fully saturated rings. The van der Waals surface area contributed by atoms with Crippen LogP contribution in [0.5, 0.6) is 0 Å². The second-order valence-electron chi connectivity index (χ2n) is 2.78. The quantitative estimate of drug-likeness (QED) is 0.773. The molecule has 0 bridgehead atoms. The molecular formula is C6H7F2N3OS. The summed E-state index contributed by atoms with van der Waals surface area (Å²) in [6, 6.07) is 0. The van der Waals surface area contributed by atoms with Crippen molar-refractivity contribution in [3.63, 3.8) is 0 Å². The Labute approximate surface area is 76.8 Å². The number of nitrogens with zero attached hydrogens (tertiary/aromatic N) is 3. The second kappa shape index (κ2) is 3.15. The van der Waals surface area contributed by atoms with Crippen LogP contribution in [0.15, 0.2) is 0 Å². The fourth-order valence-corrected chi connectivity index (χ4v) is 1.77. The lowest BCUT2D eigenvalue weighted by Gasteiger charge is -2.34. The minimum atomic E-state index is -2.56. The monoisotopic (exact) mass is 207 g/mol. The minimum Gasteiger partial charge on any atom is -0.389 e. The number of aliphatic hydroxyl groups excluding tert-OH is 1. The van der Waals surface area contributed by atoms with Crippen LogP contribution < -0.4 is 4.90 Å². The molecule has 4 nitrogen and oxygen atoms in total. The molecule has 0 unspecified atom stereocenters. The molecule has 72 valence electrons. The van der Waals surface area contributed by atoms with Gasteiger partial charge in [0.15, 0.2) is 5.01 Å². The third-order valence-corrected chi connectivity index (χ3v) is 2.74. The maximum Gasteiger partial charge on any atom is 0.291 e. The van der Waals surface area contributed by atoms with E-state index in [-0.39, 0.29) is 11.1 Å². The van der Waals surface area contributed by atoms with Crippen LogP contribution in [0, 0.1) is 0 Å². The molecule has 0 saturated carbocycles. The zero-order chi connectivity index (χ0) is 9.42. The fourth-order valence-electron chi connectivity index (χ4n) is 1.05. The molecule has 0 aromatic carbocycles. The van der Waals surface area contributed by atoms with Gasteiger partial charge in [-0.25, -0.2) is 8.78 Å². The van der Waals surface area contributed by atoms with Crippen LogP contribution >= 0.6 is 11.3 Å². The Kier molecular flexibility index (Phi) is 2.12. The summed E-state index contributed by atoms with van der Waals surface area (Å²) >= 11 is 0.870. The highest BCUT2D eigenvalue weighted by Crippen LogP contribution is 2.29. The molecule has 1 aliphatic rings. The van der Waals surface area contributed by atoms with Gasteiger partial charge in [0.1, 0.15) is 0 Å². The van der Waals surface area contributed by atoms with Crippen LogP contribution in [-0.2, 0) is 0 Å². The van der Waals surface area contributed by atoms with E-state index in [4.69, 9.17) is 5.11 Å². The zero-order valence-electron chi connectivity index (χ0n) is 6.52. The first-order valence-electron chi connectivity index (χ1n) is 3.71. The predicted octanol–water partition coefficient (Wildman–Crippen LogP) is 0.657. The Morgan fingerprint density at radius 3 is 2.62 bits per heavy atom. The van der Waals surface area contributed by atoms with E-state index >= 15 is 0 Å². The lowest BCUT2D eigenvalue weighted by Crippen LogP contribution is -2.50. The van der Waals surface area contributed by atoms with Crippen molar-refractivity contribution < 1.29 is 13.9 Å². The molecule has 7 heteroatoms. The molecule has 13 heavy (non-hydrogen) atoms. The molecule has 2 rings (SSSR count). The normalized spacial score (nSPS) is 18.0. The predicted molar refractivity (Wildman–Crippen MR) is 43.1 cm³/mol. The van der Waals surface area contributed by atoms with E-state index in [0.29, 0.717) is 18.2 Å². The molecular weight excluding hydrogens is 200 g/mol. The standard InChI is InChI=1S/C6H7F2N3OS/c7-4(8)5-9-10-6(13-5)11-1-3(12)2-11/h3-4,12H,1-2H2. The summed E-state index contributed by atoms with van der Waals surface area (Å²) in [5.41, 5.74) is 0. The van der Waals surface area contributed by atoms with Crippen LogP contribution in [0.4, 0.5) is 13.9 Å². The van der Waals surface area contributed by atoms with Crippen LogP contribution in [0.25, 0.3) is 0 Å². The smallest absolute Gasteiger partial charge is 0.291 e.